The SMILES string of the molecule is CCOC(=O)N1CC=CN(C)C1=O. The molecule has 1 aliphatic rings. The van der Waals surface area contributed by atoms with Crippen LogP contribution in [0.15, 0.2) is 12.3 Å². The maximum atomic E-state index is 11.3. The van der Waals surface area contributed by atoms with E-state index in [-0.39, 0.29) is 19.2 Å². The molecule has 1 heterocycles. The summed E-state index contributed by atoms with van der Waals surface area (Å²) >= 11 is 0. The number of nitrogens with zero attached hydrogens (tertiary/aromatic N) is 2. The van der Waals surface area contributed by atoms with Crippen molar-refractivity contribution in [3.8, 4) is 0 Å². The molecule has 0 aliphatic carbocycles. The zero-order valence-corrected chi connectivity index (χ0v) is 7.69. The van der Waals surface area contributed by atoms with Crippen molar-refractivity contribution >= 4 is 12.1 Å². The molecule has 0 atom stereocenters. The van der Waals surface area contributed by atoms with Crippen LogP contribution in [0.5, 0.6) is 0 Å². The number of imide groups is 1. The van der Waals surface area contributed by atoms with Gasteiger partial charge < -0.3 is 9.64 Å². The van der Waals surface area contributed by atoms with Gasteiger partial charge in [-0.25, -0.2) is 14.5 Å². The molecule has 5 nitrogen and oxygen atoms in total. The third kappa shape index (κ3) is 1.99. The van der Waals surface area contributed by atoms with E-state index in [1.165, 1.54) is 4.90 Å². The minimum atomic E-state index is -0.594. The number of rotatable bonds is 1. The first-order chi connectivity index (χ1) is 6.16. The van der Waals surface area contributed by atoms with Crippen molar-refractivity contribution in [2.24, 2.45) is 0 Å². The molecule has 0 bridgehead atoms. The molecule has 13 heavy (non-hydrogen) atoms. The second kappa shape index (κ2) is 3.93. The van der Waals surface area contributed by atoms with Crippen LogP contribution in [0.2, 0.25) is 0 Å². The van der Waals surface area contributed by atoms with E-state index in [9.17, 15) is 9.59 Å². The predicted molar refractivity (Wildman–Crippen MR) is 46.0 cm³/mol. The van der Waals surface area contributed by atoms with Crippen molar-refractivity contribution in [3.05, 3.63) is 12.3 Å². The highest BCUT2D eigenvalue weighted by atomic mass is 16.6. The summed E-state index contributed by atoms with van der Waals surface area (Å²) in [7, 11) is 1.59. The molecule has 3 amide bonds. The van der Waals surface area contributed by atoms with Crippen LogP contribution in [0, 0.1) is 0 Å². The van der Waals surface area contributed by atoms with Crippen LogP contribution >= 0.6 is 0 Å². The molecule has 5 heteroatoms. The summed E-state index contributed by atoms with van der Waals surface area (Å²) in [4.78, 5) is 24.9. The Morgan fingerprint density at radius 2 is 2.38 bits per heavy atom. The van der Waals surface area contributed by atoms with Gasteiger partial charge in [0.05, 0.1) is 13.2 Å². The van der Waals surface area contributed by atoms with E-state index in [2.05, 4.69) is 0 Å². The molecule has 1 rings (SSSR count). The molecule has 0 aromatic rings. The Kier molecular flexibility index (Phi) is 2.89. The summed E-state index contributed by atoms with van der Waals surface area (Å²) < 4.78 is 4.71. The van der Waals surface area contributed by atoms with Gasteiger partial charge >= 0.3 is 12.1 Å². The number of hydrogen-bond acceptors (Lipinski definition) is 3. The van der Waals surface area contributed by atoms with Crippen molar-refractivity contribution in [1.82, 2.24) is 9.80 Å². The number of hydrogen-bond donors (Lipinski definition) is 0. The Labute approximate surface area is 76.6 Å². The smallest absolute Gasteiger partial charge is 0.418 e. The van der Waals surface area contributed by atoms with Crippen LogP contribution in [0.1, 0.15) is 6.92 Å². The quantitative estimate of drug-likeness (QED) is 0.611. The van der Waals surface area contributed by atoms with Gasteiger partial charge in [-0.1, -0.05) is 0 Å². The van der Waals surface area contributed by atoms with Gasteiger partial charge in [-0.05, 0) is 13.0 Å². The van der Waals surface area contributed by atoms with Crippen molar-refractivity contribution in [2.75, 3.05) is 20.2 Å². The standard InChI is InChI=1S/C8H12N2O3/c1-3-13-8(12)10-6-4-5-9(2)7(10)11/h4-5H,3,6H2,1-2H3. The first-order valence-corrected chi connectivity index (χ1v) is 4.04. The van der Waals surface area contributed by atoms with Crippen molar-refractivity contribution in [3.63, 3.8) is 0 Å². The highest BCUT2D eigenvalue weighted by Gasteiger charge is 2.26. The minimum absolute atomic E-state index is 0.274. The summed E-state index contributed by atoms with van der Waals surface area (Å²) in [6.45, 7) is 2.25. The summed E-state index contributed by atoms with van der Waals surface area (Å²) in [5.41, 5.74) is 0. The Balaban J connectivity index is 2.65. The maximum absolute atomic E-state index is 11.3. The molecular weight excluding hydrogens is 172 g/mol. The molecule has 0 unspecified atom stereocenters. The molecule has 0 N–H and O–H groups in total. The number of ether oxygens (including phenoxy) is 1. The van der Waals surface area contributed by atoms with Crippen molar-refractivity contribution < 1.29 is 14.3 Å². The second-order valence-corrected chi connectivity index (χ2v) is 2.59. The first kappa shape index (κ1) is 9.57. The fourth-order valence-corrected chi connectivity index (χ4v) is 0.997. The Hall–Kier alpha value is -1.52. The monoisotopic (exact) mass is 184 g/mol. The van der Waals surface area contributed by atoms with E-state index in [0.717, 1.165) is 4.90 Å². The van der Waals surface area contributed by atoms with E-state index in [0.29, 0.717) is 0 Å². The predicted octanol–water partition coefficient (Wildman–Crippen LogP) is 1.02. The second-order valence-electron chi connectivity index (χ2n) is 2.59. The van der Waals surface area contributed by atoms with Gasteiger partial charge in [0.2, 0.25) is 0 Å². The lowest BCUT2D eigenvalue weighted by atomic mass is 10.4. The van der Waals surface area contributed by atoms with Crippen LogP contribution in [0.3, 0.4) is 0 Å². The van der Waals surface area contributed by atoms with E-state index >= 15 is 0 Å². The topological polar surface area (TPSA) is 49.9 Å². The molecule has 0 spiro atoms. The molecule has 0 aromatic heterocycles. The number of urea groups is 1. The normalized spacial score (nSPS) is 16.3. The summed E-state index contributed by atoms with van der Waals surface area (Å²) in [6.07, 6.45) is 2.75. The van der Waals surface area contributed by atoms with Gasteiger partial charge in [0.25, 0.3) is 0 Å². The fraction of sp³-hybridized carbons (Fsp3) is 0.500. The molecule has 1 aliphatic heterocycles. The van der Waals surface area contributed by atoms with E-state index in [1.807, 2.05) is 0 Å². The molecule has 0 aromatic carbocycles. The summed E-state index contributed by atoms with van der Waals surface area (Å²) in [5.74, 6) is 0. The van der Waals surface area contributed by atoms with Gasteiger partial charge in [0.1, 0.15) is 0 Å². The molecule has 0 radical (unpaired) electrons. The van der Waals surface area contributed by atoms with Crippen LogP contribution in [-0.4, -0.2) is 42.1 Å². The Morgan fingerprint density at radius 1 is 1.69 bits per heavy atom. The summed E-state index contributed by atoms with van der Waals surface area (Å²) in [5, 5.41) is 0. The lowest BCUT2D eigenvalue weighted by molar-refractivity contribution is 0.110. The number of amides is 3. The lowest BCUT2D eigenvalue weighted by Crippen LogP contribution is -2.45. The first-order valence-electron chi connectivity index (χ1n) is 4.04. The van der Waals surface area contributed by atoms with Crippen LogP contribution < -0.4 is 0 Å². The van der Waals surface area contributed by atoms with Crippen LogP contribution in [-0.2, 0) is 4.74 Å². The van der Waals surface area contributed by atoms with Crippen LogP contribution in [0.4, 0.5) is 9.59 Å². The molecule has 72 valence electrons. The van der Waals surface area contributed by atoms with E-state index in [4.69, 9.17) is 4.74 Å². The van der Waals surface area contributed by atoms with Gasteiger partial charge in [0, 0.05) is 13.2 Å². The Bertz CT molecular complexity index is 250. The third-order valence-electron chi connectivity index (χ3n) is 1.64. The fourth-order valence-electron chi connectivity index (χ4n) is 0.997. The van der Waals surface area contributed by atoms with Gasteiger partial charge in [0.15, 0.2) is 0 Å². The zero-order valence-electron chi connectivity index (χ0n) is 7.69. The summed E-state index contributed by atoms with van der Waals surface area (Å²) in [6, 6.07) is -0.360. The van der Waals surface area contributed by atoms with E-state index < -0.39 is 6.09 Å². The van der Waals surface area contributed by atoms with Crippen molar-refractivity contribution in [1.29, 1.82) is 0 Å². The molecule has 0 saturated carbocycles. The molecular formula is C8H12N2O3. The average Bonchev–Trinajstić information content (AvgIpc) is 2.10. The number of carbonyl (C=O) groups is 2. The highest BCUT2D eigenvalue weighted by molar-refractivity contribution is 5.92. The maximum Gasteiger partial charge on any atom is 0.418 e. The molecule has 0 saturated heterocycles. The number of carbonyl (C=O) groups excluding carboxylic acids is 2. The largest absolute Gasteiger partial charge is 0.449 e. The zero-order chi connectivity index (χ0) is 9.84. The van der Waals surface area contributed by atoms with Gasteiger partial charge in [-0.3, -0.25) is 0 Å². The highest BCUT2D eigenvalue weighted by Crippen LogP contribution is 2.06. The minimum Gasteiger partial charge on any atom is -0.449 e. The third-order valence-corrected chi connectivity index (χ3v) is 1.64. The Morgan fingerprint density at radius 3 is 3.00 bits per heavy atom. The molecule has 0 fully saturated rings. The lowest BCUT2D eigenvalue weighted by Gasteiger charge is -2.26. The van der Waals surface area contributed by atoms with Gasteiger partial charge in [-0.2, -0.15) is 0 Å². The van der Waals surface area contributed by atoms with Gasteiger partial charge in [-0.15, -0.1) is 0 Å². The van der Waals surface area contributed by atoms with Crippen molar-refractivity contribution in [2.45, 2.75) is 6.92 Å². The van der Waals surface area contributed by atoms with Crippen LogP contribution in [0.25, 0.3) is 0 Å². The van der Waals surface area contributed by atoms with E-state index in [1.54, 1.807) is 26.2 Å². The average molecular weight is 184 g/mol.